The van der Waals surface area contributed by atoms with Gasteiger partial charge in [-0.15, -0.1) is 0 Å². The first-order valence-corrected chi connectivity index (χ1v) is 6.34. The summed E-state index contributed by atoms with van der Waals surface area (Å²) in [5, 5.41) is 2.99. The molecule has 0 aromatic heterocycles. The maximum absolute atomic E-state index is 12.0. The van der Waals surface area contributed by atoms with Crippen LogP contribution in [0, 0.1) is 5.92 Å². The van der Waals surface area contributed by atoms with E-state index in [0.717, 1.165) is 31.4 Å². The van der Waals surface area contributed by atoms with Crippen LogP contribution in [0.3, 0.4) is 0 Å². The normalized spacial score (nSPS) is 19.0. The monoisotopic (exact) mass is 229 g/mol. The van der Waals surface area contributed by atoms with Gasteiger partial charge in [-0.2, -0.15) is 0 Å². The molecule has 2 rings (SSSR count). The van der Waals surface area contributed by atoms with Crippen LogP contribution in [0.2, 0.25) is 0 Å². The first kappa shape index (κ1) is 11.9. The summed E-state index contributed by atoms with van der Waals surface area (Å²) in [5.74, 6) is 0.296. The summed E-state index contributed by atoms with van der Waals surface area (Å²) in [4.78, 5) is 12.0. The minimum atomic E-state index is 0.144. The van der Waals surface area contributed by atoms with Gasteiger partial charge in [0.2, 0.25) is 5.91 Å². The Bertz CT molecular complexity index is 405. The second-order valence-corrected chi connectivity index (χ2v) is 4.52. The van der Waals surface area contributed by atoms with Crippen molar-refractivity contribution in [3.63, 3.8) is 0 Å². The van der Waals surface area contributed by atoms with E-state index in [1.165, 1.54) is 5.56 Å². The molecule has 2 heteroatoms. The zero-order valence-electron chi connectivity index (χ0n) is 10.3. The summed E-state index contributed by atoms with van der Waals surface area (Å²) in [5.41, 5.74) is 2.20. The summed E-state index contributed by atoms with van der Waals surface area (Å²) in [6.07, 6.45) is 8.15. The molecule has 0 saturated carbocycles. The van der Waals surface area contributed by atoms with Crippen molar-refractivity contribution in [3.05, 3.63) is 42.0 Å². The molecular formula is C15H19NO. The van der Waals surface area contributed by atoms with Crippen molar-refractivity contribution in [1.82, 2.24) is 0 Å². The fourth-order valence-corrected chi connectivity index (χ4v) is 2.10. The van der Waals surface area contributed by atoms with Gasteiger partial charge >= 0.3 is 0 Å². The second kappa shape index (κ2) is 5.67. The van der Waals surface area contributed by atoms with E-state index < -0.39 is 0 Å². The zero-order valence-corrected chi connectivity index (χ0v) is 10.3. The highest BCUT2D eigenvalue weighted by atomic mass is 16.1. The lowest BCUT2D eigenvalue weighted by Crippen LogP contribution is -2.23. The Hall–Kier alpha value is -1.57. The van der Waals surface area contributed by atoms with Crippen molar-refractivity contribution < 1.29 is 4.79 Å². The van der Waals surface area contributed by atoms with E-state index in [0.29, 0.717) is 0 Å². The molecule has 1 aromatic rings. The predicted octanol–water partition coefficient (Wildman–Crippen LogP) is 3.54. The Kier molecular flexibility index (Phi) is 3.97. The average molecular weight is 229 g/mol. The molecular weight excluding hydrogens is 210 g/mol. The first-order chi connectivity index (χ1) is 8.29. The molecule has 0 aliphatic heterocycles. The van der Waals surface area contributed by atoms with E-state index >= 15 is 0 Å². The van der Waals surface area contributed by atoms with E-state index in [-0.39, 0.29) is 11.8 Å². The van der Waals surface area contributed by atoms with Gasteiger partial charge in [-0.3, -0.25) is 4.79 Å². The number of aryl methyl sites for hydroxylation is 1. The van der Waals surface area contributed by atoms with Gasteiger partial charge in [0.1, 0.15) is 0 Å². The summed E-state index contributed by atoms with van der Waals surface area (Å²) < 4.78 is 0. The number of benzene rings is 1. The van der Waals surface area contributed by atoms with Gasteiger partial charge in [-0.1, -0.05) is 31.2 Å². The Morgan fingerprint density at radius 1 is 1.29 bits per heavy atom. The largest absolute Gasteiger partial charge is 0.326 e. The van der Waals surface area contributed by atoms with Crippen LogP contribution in [0.25, 0.3) is 0 Å². The summed E-state index contributed by atoms with van der Waals surface area (Å²) in [6, 6.07) is 8.09. The van der Waals surface area contributed by atoms with Gasteiger partial charge < -0.3 is 5.32 Å². The van der Waals surface area contributed by atoms with Crippen LogP contribution >= 0.6 is 0 Å². The number of anilines is 1. The van der Waals surface area contributed by atoms with Crippen molar-refractivity contribution in [2.75, 3.05) is 5.32 Å². The molecule has 90 valence electrons. The van der Waals surface area contributed by atoms with Gasteiger partial charge in [-0.05, 0) is 43.4 Å². The maximum atomic E-state index is 12.0. The predicted molar refractivity (Wildman–Crippen MR) is 70.9 cm³/mol. The van der Waals surface area contributed by atoms with Gasteiger partial charge in [0, 0.05) is 11.6 Å². The van der Waals surface area contributed by atoms with Crippen LogP contribution in [0.15, 0.2) is 36.4 Å². The van der Waals surface area contributed by atoms with Gasteiger partial charge in [0.25, 0.3) is 0 Å². The fraction of sp³-hybridized carbons (Fsp3) is 0.400. The second-order valence-electron chi connectivity index (χ2n) is 4.52. The Morgan fingerprint density at radius 3 is 2.65 bits per heavy atom. The van der Waals surface area contributed by atoms with Crippen LogP contribution in [0.4, 0.5) is 5.69 Å². The first-order valence-electron chi connectivity index (χ1n) is 6.34. The molecule has 0 bridgehead atoms. The molecule has 1 amide bonds. The van der Waals surface area contributed by atoms with Crippen molar-refractivity contribution in [1.29, 1.82) is 0 Å². The highest BCUT2D eigenvalue weighted by Crippen LogP contribution is 2.20. The SMILES string of the molecule is CCc1ccc(NC(=O)[C@H]2CC=CCC2)cc1. The molecule has 0 heterocycles. The Labute approximate surface area is 103 Å². The standard InChI is InChI=1S/C15H19NO/c1-2-12-8-10-14(11-9-12)16-15(17)13-6-4-3-5-7-13/h3-4,8-11,13H,2,5-7H2,1H3,(H,16,17)/t13-/m0/s1. The zero-order chi connectivity index (χ0) is 12.1. The number of nitrogens with one attached hydrogen (secondary N) is 1. The number of rotatable bonds is 3. The highest BCUT2D eigenvalue weighted by molar-refractivity contribution is 5.92. The minimum absolute atomic E-state index is 0.144. The van der Waals surface area contributed by atoms with E-state index in [1.54, 1.807) is 0 Å². The van der Waals surface area contributed by atoms with Gasteiger partial charge in [0.05, 0.1) is 0 Å². The molecule has 1 aliphatic rings. The number of allylic oxidation sites excluding steroid dienone is 2. The minimum Gasteiger partial charge on any atom is -0.326 e. The van der Waals surface area contributed by atoms with Crippen LogP contribution < -0.4 is 5.32 Å². The molecule has 1 aliphatic carbocycles. The summed E-state index contributed by atoms with van der Waals surface area (Å²) in [7, 11) is 0. The number of hydrogen-bond donors (Lipinski definition) is 1. The van der Waals surface area contributed by atoms with Gasteiger partial charge in [-0.25, -0.2) is 0 Å². The van der Waals surface area contributed by atoms with Crippen LogP contribution in [0.1, 0.15) is 31.7 Å². The topological polar surface area (TPSA) is 29.1 Å². The molecule has 0 saturated heterocycles. The Balaban J connectivity index is 1.95. The smallest absolute Gasteiger partial charge is 0.227 e. The summed E-state index contributed by atoms with van der Waals surface area (Å²) >= 11 is 0. The summed E-state index contributed by atoms with van der Waals surface area (Å²) in [6.45, 7) is 2.13. The van der Waals surface area contributed by atoms with E-state index in [9.17, 15) is 4.79 Å². The lowest BCUT2D eigenvalue weighted by Gasteiger charge is -2.17. The molecule has 2 nitrogen and oxygen atoms in total. The molecule has 0 radical (unpaired) electrons. The number of amides is 1. The highest BCUT2D eigenvalue weighted by Gasteiger charge is 2.18. The van der Waals surface area contributed by atoms with Crippen molar-refractivity contribution >= 4 is 11.6 Å². The van der Waals surface area contributed by atoms with Crippen molar-refractivity contribution in [3.8, 4) is 0 Å². The molecule has 1 atom stereocenters. The molecule has 1 N–H and O–H groups in total. The number of hydrogen-bond acceptors (Lipinski definition) is 1. The third kappa shape index (κ3) is 3.19. The maximum Gasteiger partial charge on any atom is 0.227 e. The van der Waals surface area contributed by atoms with Crippen LogP contribution in [-0.4, -0.2) is 5.91 Å². The van der Waals surface area contributed by atoms with Gasteiger partial charge in [0.15, 0.2) is 0 Å². The van der Waals surface area contributed by atoms with E-state index in [1.807, 2.05) is 12.1 Å². The number of carbonyl (C=O) groups excluding carboxylic acids is 1. The fourth-order valence-electron chi connectivity index (χ4n) is 2.10. The molecule has 1 aromatic carbocycles. The Morgan fingerprint density at radius 2 is 2.06 bits per heavy atom. The van der Waals surface area contributed by atoms with Crippen molar-refractivity contribution in [2.24, 2.45) is 5.92 Å². The molecule has 0 spiro atoms. The third-order valence-electron chi connectivity index (χ3n) is 3.27. The molecule has 0 fully saturated rings. The van der Waals surface area contributed by atoms with E-state index in [2.05, 4.69) is 36.5 Å². The quantitative estimate of drug-likeness (QED) is 0.789. The van der Waals surface area contributed by atoms with Crippen LogP contribution in [0.5, 0.6) is 0 Å². The molecule has 17 heavy (non-hydrogen) atoms. The lowest BCUT2D eigenvalue weighted by atomic mass is 9.93. The average Bonchev–Trinajstić information content (AvgIpc) is 2.40. The van der Waals surface area contributed by atoms with Crippen LogP contribution in [-0.2, 0) is 11.2 Å². The lowest BCUT2D eigenvalue weighted by molar-refractivity contribution is -0.120. The third-order valence-corrected chi connectivity index (χ3v) is 3.27. The van der Waals surface area contributed by atoms with Crippen molar-refractivity contribution in [2.45, 2.75) is 32.6 Å². The number of carbonyl (C=O) groups is 1. The molecule has 0 unspecified atom stereocenters. The van der Waals surface area contributed by atoms with E-state index in [4.69, 9.17) is 0 Å².